The maximum absolute atomic E-state index is 2.22. The maximum Gasteiger partial charge on any atom is 0.0348 e. The molecule has 0 fully saturated rings. The van der Waals surface area contributed by atoms with Crippen LogP contribution in [-0.4, -0.2) is 0 Å². The van der Waals surface area contributed by atoms with Crippen molar-refractivity contribution >= 4 is 11.3 Å². The van der Waals surface area contributed by atoms with E-state index in [0.29, 0.717) is 0 Å². The summed E-state index contributed by atoms with van der Waals surface area (Å²) in [6, 6.07) is 30.4. The van der Waals surface area contributed by atoms with Crippen molar-refractivity contribution in [3.05, 3.63) is 95.9 Å². The number of thiophene rings is 1. The number of hydrogen-bond donors (Lipinski definition) is 0. The van der Waals surface area contributed by atoms with Crippen molar-refractivity contribution < 1.29 is 0 Å². The Morgan fingerprint density at radius 2 is 1.12 bits per heavy atom. The molecule has 0 saturated heterocycles. The lowest BCUT2D eigenvalue weighted by Gasteiger charge is -2.14. The molecule has 4 aromatic rings. The Morgan fingerprint density at radius 3 is 1.75 bits per heavy atom. The first-order valence-electron chi connectivity index (χ1n) is 8.12. The van der Waals surface area contributed by atoms with Gasteiger partial charge in [-0.05, 0) is 46.2 Å². The Bertz CT molecular complexity index is 948. The third-order valence-corrected chi connectivity index (χ3v) is 5.20. The van der Waals surface area contributed by atoms with Gasteiger partial charge in [-0.2, -0.15) is 0 Å². The molecule has 1 heterocycles. The zero-order valence-corrected chi connectivity index (χ0v) is 14.4. The summed E-state index contributed by atoms with van der Waals surface area (Å²) >= 11 is 1.79. The lowest BCUT2D eigenvalue weighted by atomic mass is 9.91. The highest BCUT2D eigenvalue weighted by molar-refractivity contribution is 7.13. The molecule has 0 bridgehead atoms. The topological polar surface area (TPSA) is 0 Å². The molecule has 0 aliphatic heterocycles. The monoisotopic (exact) mass is 326 g/mol. The zero-order valence-electron chi connectivity index (χ0n) is 13.6. The first-order chi connectivity index (χ1) is 11.8. The van der Waals surface area contributed by atoms with Crippen LogP contribution < -0.4 is 0 Å². The van der Waals surface area contributed by atoms with Crippen molar-refractivity contribution in [3.8, 4) is 32.7 Å². The van der Waals surface area contributed by atoms with Gasteiger partial charge in [0.1, 0.15) is 0 Å². The van der Waals surface area contributed by atoms with E-state index in [4.69, 9.17) is 0 Å². The molecule has 116 valence electrons. The Labute approximate surface area is 147 Å². The van der Waals surface area contributed by atoms with Crippen molar-refractivity contribution in [1.29, 1.82) is 0 Å². The van der Waals surface area contributed by atoms with Crippen LogP contribution in [-0.2, 0) is 0 Å². The van der Waals surface area contributed by atoms with Crippen LogP contribution in [0.15, 0.2) is 90.3 Å². The van der Waals surface area contributed by atoms with E-state index in [9.17, 15) is 0 Å². The van der Waals surface area contributed by atoms with Crippen LogP contribution in [0.3, 0.4) is 0 Å². The summed E-state index contributed by atoms with van der Waals surface area (Å²) in [6.45, 7) is 2.13. The highest BCUT2D eigenvalue weighted by Crippen LogP contribution is 2.39. The first kappa shape index (κ1) is 14.9. The van der Waals surface area contributed by atoms with Gasteiger partial charge in [-0.3, -0.25) is 0 Å². The van der Waals surface area contributed by atoms with Crippen LogP contribution in [0.5, 0.6) is 0 Å². The van der Waals surface area contributed by atoms with Crippen molar-refractivity contribution in [2.75, 3.05) is 0 Å². The average Bonchev–Trinajstić information content (AvgIpc) is 3.17. The molecule has 0 nitrogen and oxygen atoms in total. The van der Waals surface area contributed by atoms with Crippen LogP contribution in [0.2, 0.25) is 0 Å². The lowest BCUT2D eigenvalue weighted by molar-refractivity contribution is 1.47. The lowest BCUT2D eigenvalue weighted by Crippen LogP contribution is -1.88. The third-order valence-electron chi connectivity index (χ3n) is 4.29. The second-order valence-electron chi connectivity index (χ2n) is 5.93. The molecule has 24 heavy (non-hydrogen) atoms. The fraction of sp³-hybridized carbons (Fsp3) is 0.0435. The van der Waals surface area contributed by atoms with E-state index < -0.39 is 0 Å². The summed E-state index contributed by atoms with van der Waals surface area (Å²) in [6.07, 6.45) is 0. The molecule has 0 aliphatic rings. The number of hydrogen-bond acceptors (Lipinski definition) is 1. The second kappa shape index (κ2) is 6.46. The van der Waals surface area contributed by atoms with Gasteiger partial charge in [0.2, 0.25) is 0 Å². The van der Waals surface area contributed by atoms with Gasteiger partial charge < -0.3 is 0 Å². The van der Waals surface area contributed by atoms with Gasteiger partial charge in [0, 0.05) is 4.88 Å². The van der Waals surface area contributed by atoms with Gasteiger partial charge in [-0.15, -0.1) is 11.3 Å². The minimum atomic E-state index is 1.26. The molecular weight excluding hydrogens is 308 g/mol. The summed E-state index contributed by atoms with van der Waals surface area (Å²) in [5.41, 5.74) is 7.70. The van der Waals surface area contributed by atoms with Crippen molar-refractivity contribution in [2.45, 2.75) is 6.92 Å². The Morgan fingerprint density at radius 1 is 0.542 bits per heavy atom. The molecule has 0 saturated carbocycles. The molecule has 0 spiro atoms. The molecule has 1 heteroatoms. The van der Waals surface area contributed by atoms with Crippen LogP contribution >= 0.6 is 11.3 Å². The van der Waals surface area contributed by atoms with Crippen LogP contribution in [0.25, 0.3) is 32.7 Å². The molecule has 0 amide bonds. The van der Waals surface area contributed by atoms with Gasteiger partial charge in [0.25, 0.3) is 0 Å². The molecule has 4 rings (SSSR count). The molecule has 0 unspecified atom stereocenters. The summed E-state index contributed by atoms with van der Waals surface area (Å²) in [7, 11) is 0. The van der Waals surface area contributed by atoms with Crippen molar-refractivity contribution in [2.24, 2.45) is 0 Å². The summed E-state index contributed by atoms with van der Waals surface area (Å²) in [5, 5.41) is 2.14. The molecule has 0 radical (unpaired) electrons. The fourth-order valence-electron chi connectivity index (χ4n) is 3.07. The normalized spacial score (nSPS) is 10.7. The number of benzene rings is 3. The molecule has 1 aromatic heterocycles. The van der Waals surface area contributed by atoms with E-state index in [1.807, 2.05) is 0 Å². The largest absolute Gasteiger partial charge is 0.144 e. The predicted molar refractivity (Wildman–Crippen MR) is 105 cm³/mol. The smallest absolute Gasteiger partial charge is 0.0348 e. The van der Waals surface area contributed by atoms with Crippen LogP contribution in [0, 0.1) is 6.92 Å². The van der Waals surface area contributed by atoms with Gasteiger partial charge >= 0.3 is 0 Å². The van der Waals surface area contributed by atoms with E-state index in [-0.39, 0.29) is 0 Å². The minimum absolute atomic E-state index is 1.26. The van der Waals surface area contributed by atoms with Crippen molar-refractivity contribution in [3.63, 3.8) is 0 Å². The quantitative estimate of drug-likeness (QED) is 0.378. The zero-order chi connectivity index (χ0) is 16.4. The minimum Gasteiger partial charge on any atom is -0.144 e. The number of aryl methyl sites for hydroxylation is 1. The van der Waals surface area contributed by atoms with E-state index in [0.717, 1.165) is 0 Å². The van der Waals surface area contributed by atoms with Crippen LogP contribution in [0.1, 0.15) is 5.56 Å². The second-order valence-corrected chi connectivity index (χ2v) is 6.88. The van der Waals surface area contributed by atoms with E-state index in [2.05, 4.69) is 97.2 Å². The number of rotatable bonds is 3. The van der Waals surface area contributed by atoms with Gasteiger partial charge in [-0.25, -0.2) is 0 Å². The average molecular weight is 326 g/mol. The van der Waals surface area contributed by atoms with E-state index >= 15 is 0 Å². The van der Waals surface area contributed by atoms with Crippen LogP contribution in [0.4, 0.5) is 0 Å². The molecule has 0 atom stereocenters. The Kier molecular flexibility index (Phi) is 4.02. The van der Waals surface area contributed by atoms with Gasteiger partial charge in [-0.1, -0.05) is 84.4 Å². The molecular formula is C23H18S. The first-order valence-corrected chi connectivity index (χ1v) is 9.00. The Balaban J connectivity index is 1.92. The highest BCUT2D eigenvalue weighted by atomic mass is 32.1. The van der Waals surface area contributed by atoms with E-state index in [1.165, 1.54) is 38.3 Å². The van der Waals surface area contributed by atoms with Gasteiger partial charge in [0.15, 0.2) is 0 Å². The maximum atomic E-state index is 2.22. The molecule has 3 aromatic carbocycles. The Hall–Kier alpha value is -2.64. The van der Waals surface area contributed by atoms with E-state index in [1.54, 1.807) is 11.3 Å². The van der Waals surface area contributed by atoms with Crippen molar-refractivity contribution in [1.82, 2.24) is 0 Å². The summed E-state index contributed by atoms with van der Waals surface area (Å²) < 4.78 is 0. The third kappa shape index (κ3) is 2.79. The highest BCUT2D eigenvalue weighted by Gasteiger charge is 2.12. The summed E-state index contributed by atoms with van der Waals surface area (Å²) in [4.78, 5) is 1.31. The SMILES string of the molecule is Cc1ccc(-c2ccccc2-c2ccccc2-c2cccs2)cc1. The predicted octanol–water partition coefficient (Wildman–Crippen LogP) is 7.06. The van der Waals surface area contributed by atoms with Gasteiger partial charge in [0.05, 0.1) is 0 Å². The molecule has 0 N–H and O–H groups in total. The standard InChI is InChI=1S/C23H18S/c1-17-12-14-18(15-13-17)19-7-2-3-8-20(19)21-9-4-5-10-22(21)23-11-6-16-24-23/h2-16H,1H3. The fourth-order valence-corrected chi connectivity index (χ4v) is 3.83. The summed E-state index contributed by atoms with van der Waals surface area (Å²) in [5.74, 6) is 0. The molecule has 0 aliphatic carbocycles.